The number of rotatable bonds is 5. The Labute approximate surface area is 156 Å². The molecule has 144 valence electrons. The van der Waals surface area contributed by atoms with Crippen LogP contribution in [0, 0.1) is 18.3 Å². The molecule has 2 saturated heterocycles. The molecule has 2 amide bonds. The Morgan fingerprint density at radius 2 is 2.12 bits per heavy atom. The smallest absolute Gasteiger partial charge is 0.244 e. The molecule has 0 unspecified atom stereocenters. The van der Waals surface area contributed by atoms with Crippen LogP contribution in [0.4, 0.5) is 0 Å². The molecule has 3 rings (SSSR count). The molecule has 0 aliphatic carbocycles. The van der Waals surface area contributed by atoms with Gasteiger partial charge >= 0.3 is 0 Å². The van der Waals surface area contributed by atoms with Gasteiger partial charge < -0.3 is 9.80 Å². The first-order valence-corrected chi connectivity index (χ1v) is 9.92. The lowest BCUT2D eigenvalue weighted by molar-refractivity contribution is -0.143. The van der Waals surface area contributed by atoms with Crippen molar-refractivity contribution in [3.05, 3.63) is 18.0 Å². The van der Waals surface area contributed by atoms with Gasteiger partial charge in [-0.3, -0.25) is 14.3 Å². The number of aromatic nitrogens is 2. The summed E-state index contributed by atoms with van der Waals surface area (Å²) < 4.78 is 1.72. The molecule has 26 heavy (non-hydrogen) atoms. The summed E-state index contributed by atoms with van der Waals surface area (Å²) in [6.45, 7) is 9.88. The summed E-state index contributed by atoms with van der Waals surface area (Å²) in [6.07, 6.45) is 6.58. The van der Waals surface area contributed by atoms with Crippen LogP contribution in [0.5, 0.6) is 0 Å². The molecule has 1 aromatic heterocycles. The monoisotopic (exact) mass is 360 g/mol. The molecule has 2 aliphatic heterocycles. The van der Waals surface area contributed by atoms with E-state index in [9.17, 15) is 9.59 Å². The van der Waals surface area contributed by atoms with E-state index in [4.69, 9.17) is 0 Å². The summed E-state index contributed by atoms with van der Waals surface area (Å²) in [6, 6.07) is 1.92. The molecule has 0 N–H and O–H groups in total. The minimum atomic E-state index is 0.0822. The van der Waals surface area contributed by atoms with Gasteiger partial charge in [-0.15, -0.1) is 0 Å². The van der Waals surface area contributed by atoms with Crippen molar-refractivity contribution < 1.29 is 9.59 Å². The van der Waals surface area contributed by atoms with Crippen molar-refractivity contribution in [3.63, 3.8) is 0 Å². The second-order valence-corrected chi connectivity index (χ2v) is 8.57. The van der Waals surface area contributed by atoms with E-state index in [0.717, 1.165) is 57.6 Å². The summed E-state index contributed by atoms with van der Waals surface area (Å²) in [7, 11) is 0. The van der Waals surface area contributed by atoms with Gasteiger partial charge in [0, 0.05) is 44.2 Å². The van der Waals surface area contributed by atoms with Crippen LogP contribution in [0.1, 0.15) is 51.6 Å². The van der Waals surface area contributed by atoms with Crippen LogP contribution in [-0.2, 0) is 16.1 Å². The molecule has 1 atom stereocenters. The highest BCUT2D eigenvalue weighted by Crippen LogP contribution is 2.39. The van der Waals surface area contributed by atoms with Gasteiger partial charge in [-0.05, 0) is 44.6 Å². The predicted molar refractivity (Wildman–Crippen MR) is 100 cm³/mol. The Hall–Kier alpha value is -1.85. The van der Waals surface area contributed by atoms with Crippen molar-refractivity contribution >= 4 is 11.8 Å². The number of hydrogen-bond acceptors (Lipinski definition) is 3. The summed E-state index contributed by atoms with van der Waals surface area (Å²) in [5.41, 5.74) is 1.01. The highest BCUT2D eigenvalue weighted by Gasteiger charge is 2.42. The average molecular weight is 361 g/mol. The normalized spacial score (nSPS) is 23.9. The fourth-order valence-electron chi connectivity index (χ4n) is 4.26. The molecule has 2 aliphatic rings. The quantitative estimate of drug-likeness (QED) is 0.810. The Kier molecular flexibility index (Phi) is 5.68. The van der Waals surface area contributed by atoms with Crippen LogP contribution in [-0.4, -0.2) is 57.6 Å². The maximum absolute atomic E-state index is 12.7. The predicted octanol–water partition coefficient (Wildman–Crippen LogP) is 2.47. The molecule has 3 heterocycles. The van der Waals surface area contributed by atoms with Crippen molar-refractivity contribution in [2.75, 3.05) is 26.2 Å². The highest BCUT2D eigenvalue weighted by atomic mass is 16.2. The lowest BCUT2D eigenvalue weighted by atomic mass is 9.73. The Balaban J connectivity index is 1.62. The van der Waals surface area contributed by atoms with E-state index >= 15 is 0 Å². The Morgan fingerprint density at radius 1 is 1.31 bits per heavy atom. The van der Waals surface area contributed by atoms with E-state index in [-0.39, 0.29) is 17.2 Å². The van der Waals surface area contributed by atoms with Crippen LogP contribution in [0.15, 0.2) is 12.3 Å². The Bertz CT molecular complexity index is 654. The zero-order chi connectivity index (χ0) is 18.7. The molecular weight excluding hydrogens is 328 g/mol. The second kappa shape index (κ2) is 7.80. The maximum atomic E-state index is 12.7. The first-order chi connectivity index (χ1) is 12.4. The summed E-state index contributed by atoms with van der Waals surface area (Å²) in [5.74, 6) is 1.02. The molecule has 0 bridgehead atoms. The first-order valence-electron chi connectivity index (χ1n) is 9.92. The van der Waals surface area contributed by atoms with Gasteiger partial charge in [0.25, 0.3) is 0 Å². The molecular formula is C20H32N4O2. The largest absolute Gasteiger partial charge is 0.342 e. The van der Waals surface area contributed by atoms with Crippen LogP contribution in [0.3, 0.4) is 0 Å². The SMILES string of the molecule is Cc1ccn(CC(=O)N2CCC[C@]3(CCC(=O)N(CCC(C)C)C3)C2)n1. The zero-order valence-electron chi connectivity index (χ0n) is 16.4. The minimum Gasteiger partial charge on any atom is -0.342 e. The third-order valence-corrected chi connectivity index (χ3v) is 5.81. The van der Waals surface area contributed by atoms with Gasteiger partial charge in [-0.2, -0.15) is 5.10 Å². The molecule has 6 heteroatoms. The van der Waals surface area contributed by atoms with Gasteiger partial charge in [0.05, 0.1) is 5.69 Å². The van der Waals surface area contributed by atoms with Gasteiger partial charge in [0.2, 0.25) is 11.8 Å². The fraction of sp³-hybridized carbons (Fsp3) is 0.750. The number of aryl methyl sites for hydroxylation is 1. The lowest BCUT2D eigenvalue weighted by Gasteiger charge is -2.48. The number of piperidine rings is 2. The topological polar surface area (TPSA) is 58.4 Å². The number of amides is 2. The molecule has 0 aromatic carbocycles. The van der Waals surface area contributed by atoms with Crippen molar-refractivity contribution in [1.82, 2.24) is 19.6 Å². The lowest BCUT2D eigenvalue weighted by Crippen LogP contribution is -2.55. The van der Waals surface area contributed by atoms with E-state index in [1.807, 2.05) is 29.0 Å². The van der Waals surface area contributed by atoms with Crippen molar-refractivity contribution in [3.8, 4) is 0 Å². The van der Waals surface area contributed by atoms with Gasteiger partial charge in [0.1, 0.15) is 6.54 Å². The fourth-order valence-corrected chi connectivity index (χ4v) is 4.26. The second-order valence-electron chi connectivity index (χ2n) is 8.57. The first kappa shape index (κ1) is 18.9. The van der Waals surface area contributed by atoms with Crippen molar-refractivity contribution in [1.29, 1.82) is 0 Å². The third kappa shape index (κ3) is 4.46. The number of carbonyl (C=O) groups excluding carboxylic acids is 2. The number of nitrogens with zero attached hydrogens (tertiary/aromatic N) is 4. The van der Waals surface area contributed by atoms with E-state index in [0.29, 0.717) is 18.9 Å². The van der Waals surface area contributed by atoms with Gasteiger partial charge in [0.15, 0.2) is 0 Å². The van der Waals surface area contributed by atoms with Crippen LogP contribution in [0.25, 0.3) is 0 Å². The van der Waals surface area contributed by atoms with Gasteiger partial charge in [-0.25, -0.2) is 0 Å². The minimum absolute atomic E-state index is 0.0822. The summed E-state index contributed by atoms with van der Waals surface area (Å²) >= 11 is 0. The van der Waals surface area contributed by atoms with Crippen LogP contribution < -0.4 is 0 Å². The van der Waals surface area contributed by atoms with Crippen LogP contribution in [0.2, 0.25) is 0 Å². The van der Waals surface area contributed by atoms with E-state index < -0.39 is 0 Å². The van der Waals surface area contributed by atoms with Gasteiger partial charge in [-0.1, -0.05) is 13.8 Å². The molecule has 6 nitrogen and oxygen atoms in total. The molecule has 0 radical (unpaired) electrons. The average Bonchev–Trinajstić information content (AvgIpc) is 3.01. The van der Waals surface area contributed by atoms with Crippen molar-refractivity contribution in [2.24, 2.45) is 11.3 Å². The molecule has 0 saturated carbocycles. The van der Waals surface area contributed by atoms with Crippen molar-refractivity contribution in [2.45, 2.75) is 59.4 Å². The third-order valence-electron chi connectivity index (χ3n) is 5.81. The van der Waals surface area contributed by atoms with E-state index in [1.165, 1.54) is 0 Å². The standard InChI is InChI=1S/C20H32N4O2/c1-16(2)6-11-23-15-20(9-5-18(23)25)8-4-10-22(14-20)19(26)13-24-12-7-17(3)21-24/h7,12,16H,4-6,8-11,13-15H2,1-3H3/t20-/m0/s1. The Morgan fingerprint density at radius 3 is 2.81 bits per heavy atom. The maximum Gasteiger partial charge on any atom is 0.244 e. The number of hydrogen-bond donors (Lipinski definition) is 0. The van der Waals surface area contributed by atoms with Crippen LogP contribution >= 0.6 is 0 Å². The summed E-state index contributed by atoms with van der Waals surface area (Å²) in [4.78, 5) is 29.1. The molecule has 1 aromatic rings. The number of likely N-dealkylation sites (tertiary alicyclic amines) is 2. The molecule has 1 spiro atoms. The zero-order valence-corrected chi connectivity index (χ0v) is 16.4. The molecule has 2 fully saturated rings. The summed E-state index contributed by atoms with van der Waals surface area (Å²) in [5, 5.41) is 4.33. The highest BCUT2D eigenvalue weighted by molar-refractivity contribution is 5.78. The van der Waals surface area contributed by atoms with E-state index in [2.05, 4.69) is 18.9 Å². The number of carbonyl (C=O) groups is 2. The van der Waals surface area contributed by atoms with E-state index in [1.54, 1.807) is 4.68 Å².